The lowest BCUT2D eigenvalue weighted by atomic mass is 10.3. The Hall–Kier alpha value is -0.790. The van der Waals surface area contributed by atoms with Crippen molar-refractivity contribution in [3.05, 3.63) is 12.2 Å². The molecule has 1 aliphatic heterocycles. The predicted molar refractivity (Wildman–Crippen MR) is 42.7 cm³/mol. The summed E-state index contributed by atoms with van der Waals surface area (Å²) in [5.41, 5.74) is 0. The predicted octanol–water partition coefficient (Wildman–Crippen LogP) is 1.48. The van der Waals surface area contributed by atoms with Gasteiger partial charge in [-0.05, 0) is 18.9 Å². The van der Waals surface area contributed by atoms with E-state index >= 15 is 0 Å². The first-order valence-corrected chi connectivity index (χ1v) is 3.84. The van der Waals surface area contributed by atoms with Crippen molar-refractivity contribution in [1.29, 1.82) is 0 Å². The number of amides is 1. The standard InChI is InChI=1S/C6H9NO.C2H6/c8-6-4-2-1-3-5-7-6;1-2/h2,4H,1,3,5H2,(H,7,8);1-2H3. The van der Waals surface area contributed by atoms with Gasteiger partial charge in [0, 0.05) is 6.54 Å². The molecule has 0 saturated heterocycles. The zero-order valence-corrected chi connectivity index (χ0v) is 6.68. The molecule has 1 N–H and O–H groups in total. The summed E-state index contributed by atoms with van der Waals surface area (Å²) in [6, 6.07) is 0. The highest BCUT2D eigenvalue weighted by Gasteiger charge is 1.96. The molecule has 0 aliphatic carbocycles. The number of nitrogens with one attached hydrogen (secondary N) is 1. The summed E-state index contributed by atoms with van der Waals surface area (Å²) in [7, 11) is 0. The highest BCUT2D eigenvalue weighted by Crippen LogP contribution is 1.92. The van der Waals surface area contributed by atoms with Crippen molar-refractivity contribution < 1.29 is 4.79 Å². The average molecular weight is 141 g/mol. The molecule has 0 spiro atoms. The quantitative estimate of drug-likeness (QED) is 0.544. The van der Waals surface area contributed by atoms with Crippen molar-refractivity contribution in [3.63, 3.8) is 0 Å². The van der Waals surface area contributed by atoms with E-state index in [-0.39, 0.29) is 5.91 Å². The Kier molecular flexibility index (Phi) is 5.83. The van der Waals surface area contributed by atoms with Gasteiger partial charge in [0.1, 0.15) is 0 Å². The van der Waals surface area contributed by atoms with Crippen molar-refractivity contribution in [2.45, 2.75) is 26.7 Å². The van der Waals surface area contributed by atoms with E-state index in [0.29, 0.717) is 0 Å². The van der Waals surface area contributed by atoms with E-state index in [4.69, 9.17) is 0 Å². The van der Waals surface area contributed by atoms with Gasteiger partial charge in [0.15, 0.2) is 0 Å². The lowest BCUT2D eigenvalue weighted by Crippen LogP contribution is -2.20. The van der Waals surface area contributed by atoms with Crippen LogP contribution in [0, 0.1) is 0 Å². The topological polar surface area (TPSA) is 29.1 Å². The molecule has 2 heteroatoms. The van der Waals surface area contributed by atoms with Crippen LogP contribution in [0.25, 0.3) is 0 Å². The summed E-state index contributed by atoms with van der Waals surface area (Å²) in [6.45, 7) is 4.83. The van der Waals surface area contributed by atoms with Crippen LogP contribution in [0.1, 0.15) is 26.7 Å². The summed E-state index contributed by atoms with van der Waals surface area (Å²) in [6.07, 6.45) is 5.59. The van der Waals surface area contributed by atoms with Crippen LogP contribution >= 0.6 is 0 Å². The van der Waals surface area contributed by atoms with E-state index in [2.05, 4.69) is 5.32 Å². The third-order valence-electron chi connectivity index (χ3n) is 1.12. The third-order valence-corrected chi connectivity index (χ3v) is 1.12. The lowest BCUT2D eigenvalue weighted by Gasteiger charge is -1.92. The van der Waals surface area contributed by atoms with E-state index in [0.717, 1.165) is 19.4 Å². The van der Waals surface area contributed by atoms with E-state index in [9.17, 15) is 4.79 Å². The molecule has 10 heavy (non-hydrogen) atoms. The highest BCUT2D eigenvalue weighted by atomic mass is 16.1. The molecule has 0 aromatic carbocycles. The van der Waals surface area contributed by atoms with Crippen LogP contribution in [-0.4, -0.2) is 12.5 Å². The molecule has 0 atom stereocenters. The van der Waals surface area contributed by atoms with Crippen LogP contribution in [0.4, 0.5) is 0 Å². The number of hydrogen-bond acceptors (Lipinski definition) is 1. The second-order valence-electron chi connectivity index (χ2n) is 1.84. The minimum Gasteiger partial charge on any atom is -0.353 e. The summed E-state index contributed by atoms with van der Waals surface area (Å²) in [5.74, 6) is 0.0440. The molecular formula is C8H15NO. The van der Waals surface area contributed by atoms with Crippen molar-refractivity contribution >= 4 is 5.91 Å². The smallest absolute Gasteiger partial charge is 0.243 e. The van der Waals surface area contributed by atoms with E-state index in [1.807, 2.05) is 19.9 Å². The fourth-order valence-corrected chi connectivity index (χ4v) is 0.681. The molecule has 1 heterocycles. The van der Waals surface area contributed by atoms with Crippen LogP contribution in [0.15, 0.2) is 12.2 Å². The van der Waals surface area contributed by atoms with Gasteiger partial charge in [-0.15, -0.1) is 0 Å². The highest BCUT2D eigenvalue weighted by molar-refractivity contribution is 5.87. The van der Waals surface area contributed by atoms with E-state index in [1.54, 1.807) is 6.08 Å². The van der Waals surface area contributed by atoms with Gasteiger partial charge in [0.2, 0.25) is 5.91 Å². The number of hydrogen-bond donors (Lipinski definition) is 1. The fraction of sp³-hybridized carbons (Fsp3) is 0.625. The molecular weight excluding hydrogens is 126 g/mol. The van der Waals surface area contributed by atoms with Gasteiger partial charge in [0.25, 0.3) is 0 Å². The normalized spacial score (nSPS) is 16.4. The average Bonchev–Trinajstić information content (AvgIpc) is 2.21. The molecule has 0 unspecified atom stereocenters. The maximum atomic E-state index is 10.5. The Balaban J connectivity index is 0.000000371. The largest absolute Gasteiger partial charge is 0.353 e. The Labute approximate surface area is 62.3 Å². The first-order chi connectivity index (χ1) is 4.89. The molecule has 0 fully saturated rings. The second-order valence-corrected chi connectivity index (χ2v) is 1.84. The zero-order valence-electron chi connectivity index (χ0n) is 6.68. The molecule has 0 bridgehead atoms. The monoisotopic (exact) mass is 141 g/mol. The molecule has 1 aliphatic rings. The van der Waals surface area contributed by atoms with Crippen LogP contribution in [0.3, 0.4) is 0 Å². The molecule has 0 aromatic heterocycles. The summed E-state index contributed by atoms with van der Waals surface area (Å²) < 4.78 is 0. The minimum atomic E-state index is 0.0440. The maximum Gasteiger partial charge on any atom is 0.243 e. The van der Waals surface area contributed by atoms with Gasteiger partial charge in [-0.2, -0.15) is 0 Å². The second kappa shape index (κ2) is 6.33. The van der Waals surface area contributed by atoms with Gasteiger partial charge in [0.05, 0.1) is 0 Å². The lowest BCUT2D eigenvalue weighted by molar-refractivity contribution is -0.116. The molecule has 1 rings (SSSR count). The van der Waals surface area contributed by atoms with Crippen molar-refractivity contribution in [3.8, 4) is 0 Å². The van der Waals surface area contributed by atoms with Gasteiger partial charge in [-0.3, -0.25) is 4.79 Å². The number of carbonyl (C=O) groups excluding carboxylic acids is 1. The Morgan fingerprint density at radius 3 is 2.90 bits per heavy atom. The van der Waals surface area contributed by atoms with E-state index < -0.39 is 0 Å². The first-order valence-electron chi connectivity index (χ1n) is 3.84. The molecule has 1 amide bonds. The van der Waals surface area contributed by atoms with Crippen LogP contribution < -0.4 is 5.32 Å². The summed E-state index contributed by atoms with van der Waals surface area (Å²) in [4.78, 5) is 10.5. The maximum absolute atomic E-state index is 10.5. The number of carbonyl (C=O) groups is 1. The summed E-state index contributed by atoms with van der Waals surface area (Å²) in [5, 5.41) is 2.72. The van der Waals surface area contributed by atoms with Crippen LogP contribution in [0.5, 0.6) is 0 Å². The number of rotatable bonds is 0. The third kappa shape index (κ3) is 4.13. The van der Waals surface area contributed by atoms with Gasteiger partial charge in [-0.25, -0.2) is 0 Å². The Bertz CT molecular complexity index is 118. The SMILES string of the molecule is CC.O=C1C=CCCCN1. The van der Waals surface area contributed by atoms with Gasteiger partial charge < -0.3 is 5.32 Å². The van der Waals surface area contributed by atoms with Crippen molar-refractivity contribution in [2.75, 3.05) is 6.54 Å². The minimum absolute atomic E-state index is 0.0440. The van der Waals surface area contributed by atoms with Crippen molar-refractivity contribution in [2.24, 2.45) is 0 Å². The van der Waals surface area contributed by atoms with E-state index in [1.165, 1.54) is 0 Å². The van der Waals surface area contributed by atoms with Crippen LogP contribution in [-0.2, 0) is 4.79 Å². The number of allylic oxidation sites excluding steroid dienone is 1. The first kappa shape index (κ1) is 9.21. The van der Waals surface area contributed by atoms with Crippen molar-refractivity contribution in [1.82, 2.24) is 5.32 Å². The molecule has 0 aromatic rings. The molecule has 0 saturated carbocycles. The van der Waals surface area contributed by atoms with Gasteiger partial charge >= 0.3 is 0 Å². The zero-order chi connectivity index (χ0) is 7.82. The molecule has 0 radical (unpaired) electrons. The molecule has 2 nitrogen and oxygen atoms in total. The Morgan fingerprint density at radius 1 is 1.50 bits per heavy atom. The summed E-state index contributed by atoms with van der Waals surface area (Å²) >= 11 is 0. The van der Waals surface area contributed by atoms with Crippen LogP contribution in [0.2, 0.25) is 0 Å². The molecule has 58 valence electrons. The van der Waals surface area contributed by atoms with Gasteiger partial charge in [-0.1, -0.05) is 19.9 Å². The Morgan fingerprint density at radius 2 is 2.20 bits per heavy atom. The fourth-order valence-electron chi connectivity index (χ4n) is 0.681.